The molecule has 0 bridgehead atoms. The predicted octanol–water partition coefficient (Wildman–Crippen LogP) is 3.58. The molecule has 152 valence electrons. The molecule has 1 heterocycles. The van der Waals surface area contributed by atoms with Crippen molar-refractivity contribution >= 4 is 24.1 Å². The summed E-state index contributed by atoms with van der Waals surface area (Å²) < 4.78 is 18.2. The predicted molar refractivity (Wildman–Crippen MR) is 116 cm³/mol. The fourth-order valence-electron chi connectivity index (χ4n) is 2.78. The van der Waals surface area contributed by atoms with Crippen LogP contribution >= 0.6 is 12.2 Å². The van der Waals surface area contributed by atoms with E-state index in [1.165, 1.54) is 0 Å². The maximum absolute atomic E-state index is 5.43. The number of benzene rings is 2. The van der Waals surface area contributed by atoms with Crippen LogP contribution in [-0.4, -0.2) is 56.5 Å². The van der Waals surface area contributed by atoms with Gasteiger partial charge in [-0.15, -0.1) is 0 Å². The number of methoxy groups -OCH3 is 3. The molecule has 0 spiro atoms. The molecule has 2 aromatic carbocycles. The molecule has 0 aliphatic rings. The van der Waals surface area contributed by atoms with Gasteiger partial charge in [0.15, 0.2) is 17.3 Å². The maximum atomic E-state index is 5.43. The molecule has 0 amide bonds. The molecule has 0 saturated heterocycles. The lowest BCUT2D eigenvalue weighted by molar-refractivity contribution is 0.324. The summed E-state index contributed by atoms with van der Waals surface area (Å²) in [7, 11) is 8.68. The van der Waals surface area contributed by atoms with Crippen molar-refractivity contribution in [1.82, 2.24) is 14.9 Å². The quantitative estimate of drug-likeness (QED) is 0.471. The smallest absolute Gasteiger partial charge is 0.216 e. The number of hydrogen-bond acceptors (Lipinski definition) is 7. The van der Waals surface area contributed by atoms with Crippen molar-refractivity contribution in [2.45, 2.75) is 0 Å². The number of nitrogens with zero attached hydrogens (tertiary/aromatic N) is 4. The molecule has 0 aliphatic heterocycles. The number of anilines is 1. The summed E-state index contributed by atoms with van der Waals surface area (Å²) in [4.78, 5) is 2.04. The molecule has 0 unspecified atom stereocenters. The van der Waals surface area contributed by atoms with Crippen molar-refractivity contribution < 1.29 is 14.2 Å². The van der Waals surface area contributed by atoms with Gasteiger partial charge < -0.3 is 19.1 Å². The van der Waals surface area contributed by atoms with Gasteiger partial charge in [0, 0.05) is 25.3 Å². The van der Waals surface area contributed by atoms with E-state index in [-0.39, 0.29) is 0 Å². The average molecular weight is 414 g/mol. The zero-order chi connectivity index (χ0) is 21.0. The van der Waals surface area contributed by atoms with Crippen LogP contribution in [0.1, 0.15) is 5.56 Å². The standard InChI is InChI=1S/C20H23N5O3S/c1-24(2)15-8-6-13(7-9-15)12-21-25-19(22-23-20(25)29)14-10-16(26-3)18(28-5)17(11-14)27-4/h6-12H,1-5H3,(H,23,29). The van der Waals surface area contributed by atoms with E-state index in [0.29, 0.717) is 33.4 Å². The third-order valence-electron chi connectivity index (χ3n) is 4.31. The lowest BCUT2D eigenvalue weighted by Gasteiger charge is -2.13. The molecular weight excluding hydrogens is 390 g/mol. The molecule has 1 aromatic heterocycles. The third-order valence-corrected chi connectivity index (χ3v) is 4.57. The van der Waals surface area contributed by atoms with Gasteiger partial charge in [-0.05, 0) is 42.0 Å². The van der Waals surface area contributed by atoms with E-state index in [1.54, 1.807) is 44.4 Å². The zero-order valence-electron chi connectivity index (χ0n) is 17.0. The second kappa shape index (κ2) is 8.78. The lowest BCUT2D eigenvalue weighted by atomic mass is 10.1. The average Bonchev–Trinajstić information content (AvgIpc) is 3.11. The molecule has 0 aliphatic carbocycles. The number of H-pyrrole nitrogens is 1. The first kappa shape index (κ1) is 20.4. The summed E-state index contributed by atoms with van der Waals surface area (Å²) in [5, 5.41) is 11.6. The van der Waals surface area contributed by atoms with Crippen molar-refractivity contribution in [2.24, 2.45) is 5.10 Å². The molecular formula is C20H23N5O3S. The first-order chi connectivity index (χ1) is 14.0. The molecule has 0 saturated carbocycles. The Kier molecular flexibility index (Phi) is 6.18. The Bertz CT molecular complexity index is 1050. The summed E-state index contributed by atoms with van der Waals surface area (Å²) >= 11 is 5.35. The highest BCUT2D eigenvalue weighted by Crippen LogP contribution is 2.40. The van der Waals surface area contributed by atoms with Crippen molar-refractivity contribution in [3.8, 4) is 28.6 Å². The number of rotatable bonds is 7. The van der Waals surface area contributed by atoms with Gasteiger partial charge in [-0.1, -0.05) is 12.1 Å². The van der Waals surface area contributed by atoms with Gasteiger partial charge in [0.2, 0.25) is 10.5 Å². The van der Waals surface area contributed by atoms with Crippen molar-refractivity contribution in [1.29, 1.82) is 0 Å². The van der Waals surface area contributed by atoms with E-state index in [0.717, 1.165) is 11.3 Å². The fourth-order valence-corrected chi connectivity index (χ4v) is 2.96. The second-order valence-electron chi connectivity index (χ2n) is 6.31. The van der Waals surface area contributed by atoms with Crippen LogP contribution in [0.4, 0.5) is 5.69 Å². The SMILES string of the molecule is COc1cc(-c2n[nH]c(=S)n2N=Cc2ccc(N(C)C)cc2)cc(OC)c1OC. The monoisotopic (exact) mass is 413 g/mol. The molecule has 0 fully saturated rings. The number of aromatic nitrogens is 3. The number of nitrogens with one attached hydrogen (secondary N) is 1. The molecule has 29 heavy (non-hydrogen) atoms. The van der Waals surface area contributed by atoms with E-state index < -0.39 is 0 Å². The molecule has 3 rings (SSSR count). The number of ether oxygens (including phenoxy) is 3. The van der Waals surface area contributed by atoms with Crippen molar-refractivity contribution in [2.75, 3.05) is 40.3 Å². The highest BCUT2D eigenvalue weighted by atomic mass is 32.1. The largest absolute Gasteiger partial charge is 0.493 e. The van der Waals surface area contributed by atoms with E-state index in [2.05, 4.69) is 15.3 Å². The summed E-state index contributed by atoms with van der Waals surface area (Å²) in [6.07, 6.45) is 1.73. The minimum absolute atomic E-state index is 0.370. The van der Waals surface area contributed by atoms with Crippen molar-refractivity contribution in [3.63, 3.8) is 0 Å². The molecule has 0 radical (unpaired) electrons. The Labute approximate surface area is 174 Å². The summed E-state index contributed by atoms with van der Waals surface area (Å²) in [5.74, 6) is 2.07. The van der Waals surface area contributed by atoms with Crippen LogP contribution in [0, 0.1) is 4.77 Å². The maximum Gasteiger partial charge on any atom is 0.216 e. The van der Waals surface area contributed by atoms with Crippen LogP contribution in [-0.2, 0) is 0 Å². The summed E-state index contributed by atoms with van der Waals surface area (Å²) in [6, 6.07) is 11.6. The zero-order valence-corrected chi connectivity index (χ0v) is 17.8. The van der Waals surface area contributed by atoms with E-state index in [4.69, 9.17) is 26.4 Å². The second-order valence-corrected chi connectivity index (χ2v) is 6.70. The minimum Gasteiger partial charge on any atom is -0.493 e. The number of aromatic amines is 1. The van der Waals surface area contributed by atoms with Crippen LogP contribution in [0.2, 0.25) is 0 Å². The molecule has 1 N–H and O–H groups in total. The van der Waals surface area contributed by atoms with E-state index in [1.807, 2.05) is 43.3 Å². The molecule has 0 atom stereocenters. The Morgan fingerprint density at radius 1 is 1.03 bits per heavy atom. The fraction of sp³-hybridized carbons (Fsp3) is 0.250. The van der Waals surface area contributed by atoms with E-state index >= 15 is 0 Å². The summed E-state index contributed by atoms with van der Waals surface area (Å²) in [5.41, 5.74) is 2.77. The van der Waals surface area contributed by atoms with Crippen molar-refractivity contribution in [3.05, 3.63) is 46.7 Å². The molecule has 8 nitrogen and oxygen atoms in total. The minimum atomic E-state index is 0.370. The van der Waals surface area contributed by atoms with Gasteiger partial charge in [0.1, 0.15) is 0 Å². The third kappa shape index (κ3) is 4.24. The normalized spacial score (nSPS) is 10.9. The first-order valence-corrected chi connectivity index (χ1v) is 9.18. The van der Waals surface area contributed by atoms with Crippen LogP contribution in [0.15, 0.2) is 41.5 Å². The van der Waals surface area contributed by atoms with Gasteiger partial charge in [-0.2, -0.15) is 14.9 Å². The Morgan fingerprint density at radius 3 is 2.17 bits per heavy atom. The molecule has 3 aromatic rings. The van der Waals surface area contributed by atoms with Crippen LogP contribution in [0.3, 0.4) is 0 Å². The van der Waals surface area contributed by atoms with Gasteiger partial charge in [0.05, 0.1) is 27.5 Å². The number of hydrogen-bond donors (Lipinski definition) is 1. The van der Waals surface area contributed by atoms with Crippen LogP contribution in [0.25, 0.3) is 11.4 Å². The van der Waals surface area contributed by atoms with Crippen LogP contribution in [0.5, 0.6) is 17.2 Å². The Hall–Kier alpha value is -3.33. The summed E-state index contributed by atoms with van der Waals surface area (Å²) in [6.45, 7) is 0. The van der Waals surface area contributed by atoms with Crippen LogP contribution < -0.4 is 19.1 Å². The highest BCUT2D eigenvalue weighted by molar-refractivity contribution is 7.71. The van der Waals surface area contributed by atoms with Gasteiger partial charge in [-0.3, -0.25) is 0 Å². The lowest BCUT2D eigenvalue weighted by Crippen LogP contribution is -2.08. The molecule has 9 heteroatoms. The first-order valence-electron chi connectivity index (χ1n) is 8.78. The highest BCUT2D eigenvalue weighted by Gasteiger charge is 2.17. The van der Waals surface area contributed by atoms with Gasteiger partial charge in [-0.25, -0.2) is 5.10 Å². The van der Waals surface area contributed by atoms with E-state index in [9.17, 15) is 0 Å². The topological polar surface area (TPSA) is 76.9 Å². The van der Waals surface area contributed by atoms with Gasteiger partial charge >= 0.3 is 0 Å². The van der Waals surface area contributed by atoms with Gasteiger partial charge in [0.25, 0.3) is 0 Å². The Balaban J connectivity index is 2.01. The Morgan fingerprint density at radius 2 is 1.66 bits per heavy atom.